The minimum atomic E-state index is -0.348. The molecule has 0 saturated carbocycles. The van der Waals surface area contributed by atoms with Crippen molar-refractivity contribution in [2.24, 2.45) is 31.4 Å². The van der Waals surface area contributed by atoms with Gasteiger partial charge in [0, 0.05) is 25.4 Å². The molecule has 12 heteroatoms. The summed E-state index contributed by atoms with van der Waals surface area (Å²) in [6.07, 6.45) is 3.67. The monoisotopic (exact) mass is 396 g/mol. The van der Waals surface area contributed by atoms with Crippen molar-refractivity contribution < 1.29 is 0 Å². The molecule has 2 aromatic heterocycles. The number of guanidine groups is 4. The third kappa shape index (κ3) is 4.48. The number of nitrogens with one attached hydrogen (secondary N) is 5. The Hall–Kier alpha value is -3.96. The summed E-state index contributed by atoms with van der Waals surface area (Å²) < 4.78 is 0. The van der Waals surface area contributed by atoms with Gasteiger partial charge in [-0.15, -0.1) is 0 Å². The van der Waals surface area contributed by atoms with Crippen molar-refractivity contribution in [1.82, 2.24) is 20.6 Å². The summed E-state index contributed by atoms with van der Waals surface area (Å²) in [5, 5.41) is 9.11. The summed E-state index contributed by atoms with van der Waals surface area (Å²) in [7, 11) is 0. The van der Waals surface area contributed by atoms with Gasteiger partial charge in [0.2, 0.25) is 11.9 Å². The van der Waals surface area contributed by atoms with E-state index in [0.29, 0.717) is 36.8 Å². The first-order valence-electron chi connectivity index (χ1n) is 9.24. The number of H-pyrrole nitrogens is 2. The Morgan fingerprint density at radius 3 is 2.52 bits per heavy atom. The van der Waals surface area contributed by atoms with Gasteiger partial charge in [0.1, 0.15) is 24.0 Å². The zero-order chi connectivity index (χ0) is 20.2. The molecule has 0 saturated heterocycles. The van der Waals surface area contributed by atoms with Gasteiger partial charge in [0.15, 0.2) is 11.9 Å². The SMILES string of the molecule is CC1N=C(N)NC(N(CCC2N=C(N)NC(Nc3ccc[nH]3)=N2)c2ccc[nH]2)=N1. The van der Waals surface area contributed by atoms with Gasteiger partial charge in [0.25, 0.3) is 0 Å². The minimum Gasteiger partial charge on any atom is -0.370 e. The van der Waals surface area contributed by atoms with E-state index in [2.05, 4.69) is 45.9 Å². The summed E-state index contributed by atoms with van der Waals surface area (Å²) in [6.45, 7) is 2.45. The van der Waals surface area contributed by atoms with E-state index in [9.17, 15) is 0 Å². The summed E-state index contributed by atoms with van der Waals surface area (Å²) >= 11 is 0. The van der Waals surface area contributed by atoms with E-state index in [-0.39, 0.29) is 12.3 Å². The molecule has 4 rings (SSSR count). The first-order valence-corrected chi connectivity index (χ1v) is 9.24. The van der Waals surface area contributed by atoms with Gasteiger partial charge in [-0.05, 0) is 31.2 Å². The third-order valence-electron chi connectivity index (χ3n) is 4.28. The minimum absolute atomic E-state index is 0.258. The van der Waals surface area contributed by atoms with Crippen LogP contribution in [0.2, 0.25) is 0 Å². The third-order valence-corrected chi connectivity index (χ3v) is 4.28. The molecule has 2 aliphatic heterocycles. The average molecular weight is 396 g/mol. The Morgan fingerprint density at radius 1 is 1.00 bits per heavy atom. The van der Waals surface area contributed by atoms with Crippen molar-refractivity contribution >= 4 is 35.5 Å². The van der Waals surface area contributed by atoms with Crippen molar-refractivity contribution in [2.45, 2.75) is 25.7 Å². The highest BCUT2D eigenvalue weighted by molar-refractivity contribution is 6.07. The standard InChI is InChI=1S/C17H24N12/c1-10-22-14(18)28-17(23-10)29(13-5-3-8-21-13)9-6-12-24-15(19)27-16(26-12)25-11-4-2-7-20-11/h2-5,7-8,10,12,20-21H,6,9H2,1H3,(H3,18,22,23,28)(H4,19,24,25,26,27). The number of nitrogens with zero attached hydrogens (tertiary/aromatic N) is 5. The molecular weight excluding hydrogens is 372 g/mol. The van der Waals surface area contributed by atoms with E-state index in [1.54, 1.807) is 0 Å². The van der Waals surface area contributed by atoms with Crippen LogP contribution in [0.25, 0.3) is 0 Å². The molecule has 0 spiro atoms. The second-order valence-corrected chi connectivity index (χ2v) is 6.53. The molecule has 0 fully saturated rings. The molecule has 9 N–H and O–H groups in total. The highest BCUT2D eigenvalue weighted by Gasteiger charge is 2.22. The largest absolute Gasteiger partial charge is 0.370 e. The molecule has 0 radical (unpaired) electrons. The zero-order valence-corrected chi connectivity index (χ0v) is 15.9. The van der Waals surface area contributed by atoms with Crippen LogP contribution >= 0.6 is 0 Å². The Bertz CT molecular complexity index is 937. The summed E-state index contributed by atoms with van der Waals surface area (Å²) in [5.74, 6) is 3.48. The highest BCUT2D eigenvalue weighted by atomic mass is 15.4. The van der Waals surface area contributed by atoms with Crippen LogP contribution in [-0.2, 0) is 0 Å². The normalized spacial score (nSPS) is 21.1. The lowest BCUT2D eigenvalue weighted by atomic mass is 10.3. The van der Waals surface area contributed by atoms with Crippen molar-refractivity contribution in [3.63, 3.8) is 0 Å². The molecule has 2 aromatic rings. The number of hydrogen-bond acceptors (Lipinski definition) is 10. The summed E-state index contributed by atoms with van der Waals surface area (Å²) in [5.41, 5.74) is 11.8. The molecule has 0 aromatic carbocycles. The van der Waals surface area contributed by atoms with E-state index < -0.39 is 0 Å². The Labute approximate surface area is 167 Å². The number of aromatic amines is 2. The van der Waals surface area contributed by atoms with E-state index in [0.717, 1.165) is 11.6 Å². The van der Waals surface area contributed by atoms with Gasteiger partial charge < -0.3 is 26.8 Å². The van der Waals surface area contributed by atoms with Gasteiger partial charge >= 0.3 is 0 Å². The van der Waals surface area contributed by atoms with Crippen LogP contribution in [0.5, 0.6) is 0 Å². The fourth-order valence-corrected chi connectivity index (χ4v) is 3.05. The van der Waals surface area contributed by atoms with Gasteiger partial charge in [-0.2, -0.15) is 0 Å². The second-order valence-electron chi connectivity index (χ2n) is 6.53. The Morgan fingerprint density at radius 2 is 1.79 bits per heavy atom. The van der Waals surface area contributed by atoms with Crippen molar-refractivity contribution in [1.29, 1.82) is 0 Å². The molecule has 0 amide bonds. The quantitative estimate of drug-likeness (QED) is 0.371. The average Bonchev–Trinajstić information content (AvgIpc) is 3.35. The number of hydrogen-bond donors (Lipinski definition) is 7. The lowest BCUT2D eigenvalue weighted by molar-refractivity contribution is 0.631. The first-order chi connectivity index (χ1) is 14.1. The van der Waals surface area contributed by atoms with Crippen LogP contribution < -0.4 is 32.3 Å². The van der Waals surface area contributed by atoms with Crippen molar-refractivity contribution in [2.75, 3.05) is 16.8 Å². The number of rotatable bonds is 5. The van der Waals surface area contributed by atoms with Crippen molar-refractivity contribution in [3.8, 4) is 0 Å². The topological polar surface area (TPSA) is 172 Å². The highest BCUT2D eigenvalue weighted by Crippen LogP contribution is 2.16. The second kappa shape index (κ2) is 7.96. The molecule has 29 heavy (non-hydrogen) atoms. The van der Waals surface area contributed by atoms with E-state index in [1.165, 1.54) is 0 Å². The lowest BCUT2D eigenvalue weighted by Crippen LogP contribution is -2.51. The molecule has 2 aliphatic rings. The number of aromatic nitrogens is 2. The predicted octanol–water partition coefficient (Wildman–Crippen LogP) is -0.129. The molecule has 12 nitrogen and oxygen atoms in total. The van der Waals surface area contributed by atoms with Crippen LogP contribution in [0.15, 0.2) is 56.6 Å². The number of nitrogens with two attached hydrogens (primary N) is 2. The number of anilines is 2. The molecule has 0 bridgehead atoms. The maximum absolute atomic E-state index is 5.94. The van der Waals surface area contributed by atoms with Crippen molar-refractivity contribution in [3.05, 3.63) is 36.7 Å². The van der Waals surface area contributed by atoms with E-state index >= 15 is 0 Å². The lowest BCUT2D eigenvalue weighted by Gasteiger charge is -2.29. The maximum atomic E-state index is 5.94. The van der Waals surface area contributed by atoms with E-state index in [1.807, 2.05) is 48.5 Å². The molecule has 152 valence electrons. The molecule has 2 atom stereocenters. The van der Waals surface area contributed by atoms with Crippen LogP contribution in [0.1, 0.15) is 13.3 Å². The molecular formula is C17H24N12. The Kier molecular flexibility index (Phi) is 5.05. The fourth-order valence-electron chi connectivity index (χ4n) is 3.05. The van der Waals surface area contributed by atoms with Gasteiger partial charge in [-0.1, -0.05) is 0 Å². The fraction of sp³-hybridized carbons (Fsp3) is 0.294. The zero-order valence-electron chi connectivity index (χ0n) is 15.9. The predicted molar refractivity (Wildman–Crippen MR) is 115 cm³/mol. The van der Waals surface area contributed by atoms with Crippen LogP contribution in [0, 0.1) is 0 Å². The van der Waals surface area contributed by atoms with Crippen LogP contribution in [0.4, 0.5) is 11.6 Å². The summed E-state index contributed by atoms with van der Waals surface area (Å²) in [4.78, 5) is 26.0. The van der Waals surface area contributed by atoms with Gasteiger partial charge in [0.05, 0.1) is 0 Å². The summed E-state index contributed by atoms with van der Waals surface area (Å²) in [6, 6.07) is 7.67. The van der Waals surface area contributed by atoms with Gasteiger partial charge in [-0.25, -0.2) is 20.0 Å². The Balaban J connectivity index is 1.48. The number of aliphatic imine (C=N–C) groups is 4. The smallest absolute Gasteiger partial charge is 0.208 e. The molecule has 2 unspecified atom stereocenters. The maximum Gasteiger partial charge on any atom is 0.208 e. The van der Waals surface area contributed by atoms with Crippen LogP contribution in [0.3, 0.4) is 0 Å². The molecule has 4 heterocycles. The molecule has 0 aliphatic carbocycles. The van der Waals surface area contributed by atoms with Gasteiger partial charge in [-0.3, -0.25) is 15.5 Å². The first kappa shape index (κ1) is 18.4. The van der Waals surface area contributed by atoms with Crippen LogP contribution in [-0.4, -0.2) is 52.7 Å². The van der Waals surface area contributed by atoms with E-state index in [4.69, 9.17) is 11.5 Å².